The highest BCUT2D eigenvalue weighted by Gasteiger charge is 2.22. The number of hydrogen-bond acceptors (Lipinski definition) is 6. The Labute approximate surface area is 111 Å². The molecule has 9 heteroatoms. The van der Waals surface area contributed by atoms with Crippen LogP contribution >= 0.6 is 11.6 Å². The van der Waals surface area contributed by atoms with E-state index in [4.69, 9.17) is 16.0 Å². The highest BCUT2D eigenvalue weighted by atomic mass is 35.5. The fourth-order valence-corrected chi connectivity index (χ4v) is 1.48. The van der Waals surface area contributed by atoms with Crippen LogP contribution in [-0.2, 0) is 0 Å². The number of aryl methyl sites for hydroxylation is 1. The zero-order valence-electron chi connectivity index (χ0n) is 9.58. The Kier molecular flexibility index (Phi) is 3.43. The quantitative estimate of drug-likeness (QED) is 0.525. The Balaban J connectivity index is 2.32. The van der Waals surface area contributed by atoms with Crippen molar-refractivity contribution in [2.45, 2.75) is 6.92 Å². The number of halogens is 1. The van der Waals surface area contributed by atoms with Crippen molar-refractivity contribution >= 4 is 29.2 Å². The molecule has 0 aromatic carbocycles. The molecule has 2 aromatic rings. The number of hydrogen-bond donors (Lipinski definition) is 1. The lowest BCUT2D eigenvalue weighted by Crippen LogP contribution is -2.14. The summed E-state index contributed by atoms with van der Waals surface area (Å²) in [6.07, 6.45) is 2.25. The lowest BCUT2D eigenvalue weighted by molar-refractivity contribution is -0.385. The van der Waals surface area contributed by atoms with E-state index in [0.29, 0.717) is 5.69 Å². The summed E-state index contributed by atoms with van der Waals surface area (Å²) in [6.45, 7) is 1.67. The summed E-state index contributed by atoms with van der Waals surface area (Å²) in [5, 5.41) is 13.1. The number of oxazole rings is 1. The van der Waals surface area contributed by atoms with Crippen molar-refractivity contribution in [3.8, 4) is 0 Å². The van der Waals surface area contributed by atoms with Gasteiger partial charge >= 0.3 is 6.01 Å². The van der Waals surface area contributed by atoms with Crippen LogP contribution in [0.25, 0.3) is 0 Å². The molecule has 98 valence electrons. The summed E-state index contributed by atoms with van der Waals surface area (Å²) in [5.74, 6) is -0.752. The summed E-state index contributed by atoms with van der Waals surface area (Å²) in [5.41, 5.74) is -0.108. The summed E-state index contributed by atoms with van der Waals surface area (Å²) in [6, 6.07) is 1.05. The van der Waals surface area contributed by atoms with Crippen LogP contribution < -0.4 is 5.32 Å². The number of amides is 1. The van der Waals surface area contributed by atoms with Gasteiger partial charge in [0.1, 0.15) is 23.2 Å². The normalized spacial score (nSPS) is 10.2. The molecule has 0 radical (unpaired) electrons. The highest BCUT2D eigenvalue weighted by Crippen LogP contribution is 2.21. The van der Waals surface area contributed by atoms with Crippen LogP contribution in [0.15, 0.2) is 22.9 Å². The second-order valence-electron chi connectivity index (χ2n) is 3.53. The number of rotatable bonds is 3. The topological polar surface area (TPSA) is 111 Å². The van der Waals surface area contributed by atoms with Gasteiger partial charge in [0.15, 0.2) is 0 Å². The van der Waals surface area contributed by atoms with Gasteiger partial charge in [0.05, 0.1) is 10.6 Å². The van der Waals surface area contributed by atoms with Crippen molar-refractivity contribution in [3.05, 3.63) is 45.1 Å². The van der Waals surface area contributed by atoms with Crippen LogP contribution in [0.3, 0.4) is 0 Å². The second-order valence-corrected chi connectivity index (χ2v) is 3.92. The lowest BCUT2D eigenvalue weighted by atomic mass is 10.2. The van der Waals surface area contributed by atoms with Crippen LogP contribution in [0.5, 0.6) is 0 Å². The van der Waals surface area contributed by atoms with Crippen LogP contribution in [0.2, 0.25) is 5.15 Å². The Morgan fingerprint density at radius 2 is 2.32 bits per heavy atom. The van der Waals surface area contributed by atoms with E-state index < -0.39 is 16.5 Å². The summed E-state index contributed by atoms with van der Waals surface area (Å²) in [7, 11) is 0. The number of pyridine rings is 1. The number of nitrogens with zero attached hydrogens (tertiary/aromatic N) is 3. The van der Waals surface area contributed by atoms with Crippen molar-refractivity contribution in [2.75, 3.05) is 5.32 Å². The highest BCUT2D eigenvalue weighted by molar-refractivity contribution is 6.30. The molecule has 0 aliphatic heterocycles. The lowest BCUT2D eigenvalue weighted by Gasteiger charge is -2.02. The monoisotopic (exact) mass is 282 g/mol. The first-order valence-corrected chi connectivity index (χ1v) is 5.38. The van der Waals surface area contributed by atoms with Crippen LogP contribution in [0.4, 0.5) is 11.7 Å². The Morgan fingerprint density at radius 3 is 2.89 bits per heavy atom. The van der Waals surface area contributed by atoms with Gasteiger partial charge in [-0.15, -0.1) is 0 Å². The van der Waals surface area contributed by atoms with E-state index in [1.165, 1.54) is 6.26 Å². The molecule has 19 heavy (non-hydrogen) atoms. The summed E-state index contributed by atoms with van der Waals surface area (Å²) in [4.78, 5) is 29.4. The first-order chi connectivity index (χ1) is 8.97. The van der Waals surface area contributed by atoms with Gasteiger partial charge in [-0.25, -0.2) is 4.98 Å². The first-order valence-electron chi connectivity index (χ1n) is 5.01. The Morgan fingerprint density at radius 1 is 1.58 bits per heavy atom. The SMILES string of the molecule is Cc1coc(NC(=O)c2cc(Cl)ncc2[N+](=O)[O-])n1. The molecule has 8 nitrogen and oxygen atoms in total. The van der Waals surface area contributed by atoms with Crippen molar-refractivity contribution < 1.29 is 14.1 Å². The number of nitro groups is 1. The van der Waals surface area contributed by atoms with Crippen LogP contribution in [0.1, 0.15) is 16.1 Å². The molecule has 0 bridgehead atoms. The van der Waals surface area contributed by atoms with Crippen molar-refractivity contribution in [1.29, 1.82) is 0 Å². The molecule has 2 aromatic heterocycles. The zero-order chi connectivity index (χ0) is 14.0. The number of carbonyl (C=O) groups excluding carboxylic acids is 1. The van der Waals surface area contributed by atoms with Gasteiger partial charge in [-0.2, -0.15) is 4.98 Å². The number of nitrogens with one attached hydrogen (secondary N) is 1. The minimum absolute atomic E-state index is 0.0284. The van der Waals surface area contributed by atoms with Crippen LogP contribution in [0, 0.1) is 17.0 Å². The molecule has 0 aliphatic carbocycles. The van der Waals surface area contributed by atoms with Gasteiger partial charge in [0, 0.05) is 0 Å². The minimum Gasteiger partial charge on any atom is -0.432 e. The number of carbonyl (C=O) groups is 1. The molecule has 2 heterocycles. The smallest absolute Gasteiger partial charge is 0.301 e. The van der Waals surface area contributed by atoms with E-state index in [0.717, 1.165) is 12.3 Å². The molecule has 2 rings (SSSR count). The van der Waals surface area contributed by atoms with E-state index in [1.807, 2.05) is 0 Å². The molecular weight excluding hydrogens is 276 g/mol. The van der Waals surface area contributed by atoms with E-state index in [-0.39, 0.29) is 16.7 Å². The van der Waals surface area contributed by atoms with E-state index in [2.05, 4.69) is 15.3 Å². The molecule has 0 saturated heterocycles. The van der Waals surface area contributed by atoms with Gasteiger partial charge in [0.25, 0.3) is 11.6 Å². The Hall–Kier alpha value is -2.48. The number of aromatic nitrogens is 2. The Bertz CT molecular complexity index is 655. The van der Waals surface area contributed by atoms with Crippen molar-refractivity contribution in [3.63, 3.8) is 0 Å². The maximum atomic E-state index is 11.9. The molecular formula is C10H7ClN4O4. The third-order valence-electron chi connectivity index (χ3n) is 2.13. The summed E-state index contributed by atoms with van der Waals surface area (Å²) < 4.78 is 4.93. The zero-order valence-corrected chi connectivity index (χ0v) is 10.3. The fraction of sp³-hybridized carbons (Fsp3) is 0.100. The predicted octanol–water partition coefficient (Wildman–Crippen LogP) is 2.19. The van der Waals surface area contributed by atoms with E-state index in [9.17, 15) is 14.9 Å². The third-order valence-corrected chi connectivity index (χ3v) is 2.34. The molecule has 1 amide bonds. The molecule has 0 saturated carbocycles. The van der Waals surface area contributed by atoms with Gasteiger partial charge in [-0.1, -0.05) is 11.6 Å². The fourth-order valence-electron chi connectivity index (χ4n) is 1.33. The van der Waals surface area contributed by atoms with Gasteiger partial charge in [-0.3, -0.25) is 20.2 Å². The van der Waals surface area contributed by atoms with Crippen molar-refractivity contribution in [2.24, 2.45) is 0 Å². The average molecular weight is 283 g/mol. The molecule has 0 fully saturated rings. The number of anilines is 1. The third kappa shape index (κ3) is 2.86. The molecule has 0 spiro atoms. The maximum absolute atomic E-state index is 11.9. The van der Waals surface area contributed by atoms with Crippen molar-refractivity contribution in [1.82, 2.24) is 9.97 Å². The minimum atomic E-state index is -0.752. The standard InChI is InChI=1S/C10H7ClN4O4/c1-5-4-19-10(13-5)14-9(16)6-2-8(11)12-3-7(6)15(17)18/h2-4H,1H3,(H,13,14,16). The molecule has 0 aliphatic rings. The molecule has 0 atom stereocenters. The predicted molar refractivity (Wildman–Crippen MR) is 65.1 cm³/mol. The molecule has 0 unspecified atom stereocenters. The van der Waals surface area contributed by atoms with Gasteiger partial charge < -0.3 is 4.42 Å². The van der Waals surface area contributed by atoms with Crippen LogP contribution in [-0.4, -0.2) is 20.8 Å². The average Bonchev–Trinajstić information content (AvgIpc) is 2.74. The largest absolute Gasteiger partial charge is 0.432 e. The van der Waals surface area contributed by atoms with E-state index in [1.54, 1.807) is 6.92 Å². The van der Waals surface area contributed by atoms with Gasteiger partial charge in [-0.05, 0) is 13.0 Å². The summed E-state index contributed by atoms with van der Waals surface area (Å²) >= 11 is 5.62. The second kappa shape index (κ2) is 5.02. The van der Waals surface area contributed by atoms with Gasteiger partial charge in [0.2, 0.25) is 0 Å². The van der Waals surface area contributed by atoms with E-state index >= 15 is 0 Å². The first kappa shape index (κ1) is 13.0. The maximum Gasteiger partial charge on any atom is 0.301 e. The molecule has 1 N–H and O–H groups in total.